The lowest BCUT2D eigenvalue weighted by Crippen LogP contribution is -2.47. The summed E-state index contributed by atoms with van der Waals surface area (Å²) in [5.74, 6) is 0.691. The third-order valence-corrected chi connectivity index (χ3v) is 4.03. The Bertz CT molecular complexity index is 352. The summed E-state index contributed by atoms with van der Waals surface area (Å²) in [6.07, 6.45) is 12.2. The highest BCUT2D eigenvalue weighted by Crippen LogP contribution is 2.31. The molecule has 1 aliphatic carbocycles. The van der Waals surface area contributed by atoms with E-state index in [0.29, 0.717) is 24.5 Å². The van der Waals surface area contributed by atoms with Gasteiger partial charge in [0.2, 0.25) is 0 Å². The van der Waals surface area contributed by atoms with Crippen LogP contribution in [0.2, 0.25) is 0 Å². The number of nitrogens with zero attached hydrogens (tertiary/aromatic N) is 2. The molecule has 17 heavy (non-hydrogen) atoms. The second-order valence-corrected chi connectivity index (χ2v) is 5.16. The summed E-state index contributed by atoms with van der Waals surface area (Å²) in [6.45, 7) is 0.531. The Kier molecular flexibility index (Phi) is 4.65. The van der Waals surface area contributed by atoms with Crippen molar-refractivity contribution in [3.8, 4) is 6.07 Å². The van der Waals surface area contributed by atoms with Gasteiger partial charge in [0.15, 0.2) is 0 Å². The third-order valence-electron chi connectivity index (χ3n) is 3.81. The number of hydrogen-bond acceptors (Lipinski definition) is 2. The van der Waals surface area contributed by atoms with Gasteiger partial charge in [-0.1, -0.05) is 24.6 Å². The average molecular weight is 251 g/mol. The first kappa shape index (κ1) is 12.7. The van der Waals surface area contributed by atoms with E-state index in [0.717, 1.165) is 12.8 Å². The van der Waals surface area contributed by atoms with E-state index in [9.17, 15) is 0 Å². The van der Waals surface area contributed by atoms with Gasteiger partial charge in [0, 0.05) is 18.0 Å². The van der Waals surface area contributed by atoms with Gasteiger partial charge >= 0.3 is 0 Å². The van der Waals surface area contributed by atoms with Crippen LogP contribution in [0.1, 0.15) is 32.1 Å². The Balaban J connectivity index is 2.09. The van der Waals surface area contributed by atoms with Gasteiger partial charge in [-0.15, -0.1) is 11.6 Å². The van der Waals surface area contributed by atoms with Crippen LogP contribution in [0.4, 0.5) is 0 Å². The van der Waals surface area contributed by atoms with E-state index in [2.05, 4.69) is 29.2 Å². The molecule has 0 bridgehead atoms. The zero-order valence-corrected chi connectivity index (χ0v) is 10.9. The zero-order valence-electron chi connectivity index (χ0n) is 10.1. The molecule has 0 aromatic carbocycles. The molecule has 92 valence electrons. The van der Waals surface area contributed by atoms with E-state index < -0.39 is 0 Å². The van der Waals surface area contributed by atoms with E-state index in [1.165, 1.54) is 24.8 Å². The van der Waals surface area contributed by atoms with E-state index in [4.69, 9.17) is 16.9 Å². The molecule has 3 heteroatoms. The largest absolute Gasteiger partial charge is 0.281 e. The molecule has 0 aromatic rings. The van der Waals surface area contributed by atoms with Crippen LogP contribution in [0.3, 0.4) is 0 Å². The maximum absolute atomic E-state index is 9.01. The Labute approximate surface area is 109 Å². The molecule has 2 rings (SSSR count). The third kappa shape index (κ3) is 2.91. The molecule has 0 aromatic heterocycles. The summed E-state index contributed by atoms with van der Waals surface area (Å²) >= 11 is 5.87. The van der Waals surface area contributed by atoms with Crippen LogP contribution < -0.4 is 0 Å². The average Bonchev–Trinajstić information content (AvgIpc) is 2.85. The summed E-state index contributed by atoms with van der Waals surface area (Å²) in [5, 5.41) is 9.01. The molecule has 0 radical (unpaired) electrons. The van der Waals surface area contributed by atoms with Gasteiger partial charge in [0.25, 0.3) is 0 Å². The maximum Gasteiger partial charge on any atom is 0.0873 e. The summed E-state index contributed by atoms with van der Waals surface area (Å²) < 4.78 is 0. The number of nitriles is 1. The van der Waals surface area contributed by atoms with Crippen LogP contribution in [0.25, 0.3) is 0 Å². The molecular formula is C14H19ClN2. The number of allylic oxidation sites excluding steroid dienone is 3. The van der Waals surface area contributed by atoms with Crippen LogP contribution in [0.5, 0.6) is 0 Å². The fraction of sp³-hybridized carbons (Fsp3) is 0.643. The minimum atomic E-state index is 0.464. The summed E-state index contributed by atoms with van der Waals surface area (Å²) in [6, 6.07) is 3.27. The van der Waals surface area contributed by atoms with Crippen molar-refractivity contribution < 1.29 is 0 Å². The van der Waals surface area contributed by atoms with E-state index in [-0.39, 0.29) is 0 Å². The van der Waals surface area contributed by atoms with Gasteiger partial charge < -0.3 is 0 Å². The molecule has 0 amide bonds. The topological polar surface area (TPSA) is 27.0 Å². The molecule has 1 aliphatic heterocycles. The monoisotopic (exact) mass is 250 g/mol. The SMILES string of the molecule is N#CCN1C(CCCl)CCCC1C1=CC=CC1. The lowest BCUT2D eigenvalue weighted by atomic mass is 9.89. The Morgan fingerprint density at radius 3 is 3.00 bits per heavy atom. The quantitative estimate of drug-likeness (QED) is 0.566. The first-order chi connectivity index (χ1) is 8.36. The number of hydrogen-bond donors (Lipinski definition) is 0. The Morgan fingerprint density at radius 2 is 2.35 bits per heavy atom. The van der Waals surface area contributed by atoms with Crippen molar-refractivity contribution in [1.29, 1.82) is 5.26 Å². The van der Waals surface area contributed by atoms with Crippen molar-refractivity contribution in [1.82, 2.24) is 4.90 Å². The van der Waals surface area contributed by atoms with E-state index in [1.807, 2.05) is 0 Å². The van der Waals surface area contributed by atoms with Crippen LogP contribution >= 0.6 is 11.6 Å². The van der Waals surface area contributed by atoms with Gasteiger partial charge in [-0.25, -0.2) is 0 Å². The number of piperidine rings is 1. The predicted octanol–water partition coefficient (Wildman–Crippen LogP) is 3.25. The first-order valence-corrected chi connectivity index (χ1v) is 6.94. The Hall–Kier alpha value is -0.780. The van der Waals surface area contributed by atoms with Crippen LogP contribution in [0, 0.1) is 11.3 Å². The molecule has 1 fully saturated rings. The van der Waals surface area contributed by atoms with Gasteiger partial charge in [0.05, 0.1) is 12.6 Å². The molecular weight excluding hydrogens is 232 g/mol. The second-order valence-electron chi connectivity index (χ2n) is 4.78. The number of halogens is 1. The van der Waals surface area contributed by atoms with E-state index in [1.54, 1.807) is 0 Å². The molecule has 2 unspecified atom stereocenters. The second kappa shape index (κ2) is 6.23. The molecule has 2 nitrogen and oxygen atoms in total. The normalized spacial score (nSPS) is 29.1. The van der Waals surface area contributed by atoms with Crippen molar-refractivity contribution in [2.75, 3.05) is 12.4 Å². The van der Waals surface area contributed by atoms with Crippen LogP contribution in [0.15, 0.2) is 23.8 Å². The van der Waals surface area contributed by atoms with Gasteiger partial charge in [-0.2, -0.15) is 5.26 Å². The first-order valence-electron chi connectivity index (χ1n) is 6.41. The maximum atomic E-state index is 9.01. The van der Waals surface area contributed by atoms with Crippen molar-refractivity contribution >= 4 is 11.6 Å². The fourth-order valence-corrected chi connectivity index (χ4v) is 3.25. The highest BCUT2D eigenvalue weighted by molar-refractivity contribution is 6.17. The molecule has 0 N–H and O–H groups in total. The molecule has 2 atom stereocenters. The standard InChI is InChI=1S/C14H19ClN2/c15-9-8-13-6-3-7-14(17(13)11-10-16)12-4-1-2-5-12/h1-2,4,13-14H,3,5-9,11H2. The van der Waals surface area contributed by atoms with Crippen LogP contribution in [-0.4, -0.2) is 29.4 Å². The van der Waals surface area contributed by atoms with Crippen molar-refractivity contribution in [2.45, 2.75) is 44.2 Å². The lowest BCUT2D eigenvalue weighted by Gasteiger charge is -2.41. The minimum Gasteiger partial charge on any atom is -0.281 e. The summed E-state index contributed by atoms with van der Waals surface area (Å²) in [5.41, 5.74) is 1.47. The minimum absolute atomic E-state index is 0.464. The zero-order chi connectivity index (χ0) is 12.1. The molecule has 1 heterocycles. The van der Waals surface area contributed by atoms with Crippen LogP contribution in [-0.2, 0) is 0 Å². The van der Waals surface area contributed by atoms with Gasteiger partial charge in [-0.3, -0.25) is 4.90 Å². The highest BCUT2D eigenvalue weighted by atomic mass is 35.5. The molecule has 2 aliphatic rings. The van der Waals surface area contributed by atoms with Crippen molar-refractivity contribution in [3.63, 3.8) is 0 Å². The van der Waals surface area contributed by atoms with Gasteiger partial charge in [0.1, 0.15) is 0 Å². The molecule has 0 saturated carbocycles. The number of likely N-dealkylation sites (tertiary alicyclic amines) is 1. The summed E-state index contributed by atoms with van der Waals surface area (Å²) in [7, 11) is 0. The molecule has 1 saturated heterocycles. The predicted molar refractivity (Wildman–Crippen MR) is 70.9 cm³/mol. The van der Waals surface area contributed by atoms with Crippen molar-refractivity contribution in [3.05, 3.63) is 23.8 Å². The summed E-state index contributed by atoms with van der Waals surface area (Å²) in [4.78, 5) is 2.37. The fourth-order valence-electron chi connectivity index (χ4n) is 3.00. The molecule has 0 spiro atoms. The number of alkyl halides is 1. The lowest BCUT2D eigenvalue weighted by molar-refractivity contribution is 0.115. The van der Waals surface area contributed by atoms with Crippen molar-refractivity contribution in [2.24, 2.45) is 0 Å². The van der Waals surface area contributed by atoms with Gasteiger partial charge in [-0.05, 0) is 31.3 Å². The van der Waals surface area contributed by atoms with E-state index >= 15 is 0 Å². The number of rotatable bonds is 4. The highest BCUT2D eigenvalue weighted by Gasteiger charge is 2.31. The smallest absolute Gasteiger partial charge is 0.0873 e. The Morgan fingerprint density at radius 1 is 1.47 bits per heavy atom.